The minimum Gasteiger partial charge on any atom is -0.214 e. The number of thioether (sulfide) groups is 1. The summed E-state index contributed by atoms with van der Waals surface area (Å²) in [5.74, 6) is 0. The Kier molecular flexibility index (Phi) is 2.54. The highest BCUT2D eigenvalue weighted by molar-refractivity contribution is 7.98. The molecule has 1 rings (SSSR count). The van der Waals surface area contributed by atoms with Crippen LogP contribution in [0.15, 0.2) is 5.16 Å². The maximum Gasteiger partial charge on any atom is 0.200 e. The minimum atomic E-state index is 0.144. The Morgan fingerprint density at radius 1 is 1.36 bits per heavy atom. The molecule has 0 aliphatic carbocycles. The van der Waals surface area contributed by atoms with E-state index in [1.54, 1.807) is 11.8 Å². The number of hydrogen-bond donors (Lipinski definition) is 0. The van der Waals surface area contributed by atoms with Crippen molar-refractivity contribution in [3.8, 4) is 0 Å². The molecule has 0 unspecified atom stereocenters. The molecule has 0 saturated heterocycles. The summed E-state index contributed by atoms with van der Waals surface area (Å²) in [7, 11) is 0. The molecule has 0 aromatic carbocycles. The lowest BCUT2D eigenvalue weighted by Crippen LogP contribution is -2.10. The van der Waals surface area contributed by atoms with E-state index in [2.05, 4.69) is 30.1 Å². The van der Waals surface area contributed by atoms with Crippen molar-refractivity contribution >= 4 is 23.3 Å². The van der Waals surface area contributed by atoms with Gasteiger partial charge in [0.2, 0.25) is 0 Å². The van der Waals surface area contributed by atoms with Gasteiger partial charge in [-0.1, -0.05) is 32.5 Å². The van der Waals surface area contributed by atoms with E-state index in [0.717, 1.165) is 10.2 Å². The van der Waals surface area contributed by atoms with Crippen LogP contribution in [0.4, 0.5) is 0 Å². The van der Waals surface area contributed by atoms with E-state index in [1.165, 1.54) is 11.5 Å². The van der Waals surface area contributed by atoms with E-state index in [1.807, 2.05) is 6.26 Å². The zero-order chi connectivity index (χ0) is 8.48. The van der Waals surface area contributed by atoms with Crippen LogP contribution < -0.4 is 0 Å². The molecule has 1 aromatic heterocycles. The molecule has 0 N–H and O–H groups in total. The second-order valence-corrected chi connectivity index (χ2v) is 4.86. The predicted molar refractivity (Wildman–Crippen MR) is 50.4 cm³/mol. The van der Waals surface area contributed by atoms with Crippen molar-refractivity contribution in [2.45, 2.75) is 31.3 Å². The van der Waals surface area contributed by atoms with E-state index >= 15 is 0 Å². The van der Waals surface area contributed by atoms with Crippen LogP contribution in [0.25, 0.3) is 0 Å². The molecule has 0 bridgehead atoms. The van der Waals surface area contributed by atoms with Gasteiger partial charge in [-0.3, -0.25) is 0 Å². The average Bonchev–Trinajstić information content (AvgIpc) is 2.32. The van der Waals surface area contributed by atoms with Gasteiger partial charge in [0.15, 0.2) is 5.16 Å². The van der Waals surface area contributed by atoms with Crippen molar-refractivity contribution in [1.82, 2.24) is 9.36 Å². The summed E-state index contributed by atoms with van der Waals surface area (Å²) in [5, 5.41) is 2.00. The molecule has 0 radical (unpaired) electrons. The SMILES string of the molecule is CSc1nsc(C(C)(C)C)n1. The van der Waals surface area contributed by atoms with Crippen molar-refractivity contribution in [2.75, 3.05) is 6.26 Å². The quantitative estimate of drug-likeness (QED) is 0.633. The molecule has 0 amide bonds. The largest absolute Gasteiger partial charge is 0.214 e. The molecule has 0 aliphatic rings. The van der Waals surface area contributed by atoms with Gasteiger partial charge in [0, 0.05) is 5.41 Å². The van der Waals surface area contributed by atoms with E-state index < -0.39 is 0 Å². The summed E-state index contributed by atoms with van der Waals surface area (Å²) in [4.78, 5) is 4.37. The van der Waals surface area contributed by atoms with E-state index in [4.69, 9.17) is 0 Å². The summed E-state index contributed by atoms with van der Waals surface area (Å²) >= 11 is 3.09. The lowest BCUT2D eigenvalue weighted by molar-refractivity contribution is 0.581. The summed E-state index contributed by atoms with van der Waals surface area (Å²) < 4.78 is 4.19. The van der Waals surface area contributed by atoms with Gasteiger partial charge in [-0.25, -0.2) is 4.98 Å². The van der Waals surface area contributed by atoms with Crippen LogP contribution in [-0.4, -0.2) is 15.6 Å². The van der Waals surface area contributed by atoms with E-state index in [0.29, 0.717) is 0 Å². The van der Waals surface area contributed by atoms with Gasteiger partial charge < -0.3 is 0 Å². The fourth-order valence-corrected chi connectivity index (χ4v) is 1.85. The number of nitrogens with zero attached hydrogens (tertiary/aromatic N) is 2. The second kappa shape index (κ2) is 3.11. The Balaban J connectivity index is 2.89. The van der Waals surface area contributed by atoms with Crippen molar-refractivity contribution in [3.05, 3.63) is 5.01 Å². The predicted octanol–water partition coefficient (Wildman–Crippen LogP) is 2.56. The molecule has 0 saturated carbocycles. The molecule has 4 heteroatoms. The third-order valence-electron chi connectivity index (χ3n) is 1.23. The molecule has 0 aliphatic heterocycles. The van der Waals surface area contributed by atoms with Gasteiger partial charge in [-0.2, -0.15) is 4.37 Å². The third-order valence-corrected chi connectivity index (χ3v) is 3.04. The first-order chi connectivity index (χ1) is 5.04. The van der Waals surface area contributed by atoms with Gasteiger partial charge in [0.25, 0.3) is 0 Å². The van der Waals surface area contributed by atoms with Crippen molar-refractivity contribution in [1.29, 1.82) is 0 Å². The Morgan fingerprint density at radius 3 is 2.27 bits per heavy atom. The Labute approximate surface area is 75.6 Å². The number of rotatable bonds is 1. The fourth-order valence-electron chi connectivity index (χ4n) is 0.598. The molecule has 62 valence electrons. The van der Waals surface area contributed by atoms with E-state index in [9.17, 15) is 0 Å². The lowest BCUT2D eigenvalue weighted by Gasteiger charge is -2.12. The summed E-state index contributed by atoms with van der Waals surface area (Å²) in [6, 6.07) is 0. The van der Waals surface area contributed by atoms with Crippen LogP contribution in [0.5, 0.6) is 0 Å². The second-order valence-electron chi connectivity index (χ2n) is 3.34. The molecular formula is C7H12N2S2. The highest BCUT2D eigenvalue weighted by Crippen LogP contribution is 2.25. The standard InChI is InChI=1S/C7H12N2S2/c1-7(2,3)5-8-6(10-4)9-11-5/h1-4H3. The molecule has 0 spiro atoms. The Bertz CT molecular complexity index is 237. The van der Waals surface area contributed by atoms with Gasteiger partial charge in [-0.15, -0.1) is 0 Å². The monoisotopic (exact) mass is 188 g/mol. The van der Waals surface area contributed by atoms with Crippen LogP contribution in [0.1, 0.15) is 25.8 Å². The first kappa shape index (κ1) is 9.00. The molecule has 0 fully saturated rings. The Morgan fingerprint density at radius 2 is 2.00 bits per heavy atom. The molecular weight excluding hydrogens is 176 g/mol. The first-order valence-electron chi connectivity index (χ1n) is 3.42. The van der Waals surface area contributed by atoms with Gasteiger partial charge >= 0.3 is 0 Å². The lowest BCUT2D eigenvalue weighted by atomic mass is 9.98. The van der Waals surface area contributed by atoms with Crippen LogP contribution in [0.3, 0.4) is 0 Å². The zero-order valence-corrected chi connectivity index (χ0v) is 8.84. The summed E-state index contributed by atoms with van der Waals surface area (Å²) in [5.41, 5.74) is 0.144. The molecule has 0 atom stereocenters. The van der Waals surface area contributed by atoms with Crippen LogP contribution in [-0.2, 0) is 5.41 Å². The fraction of sp³-hybridized carbons (Fsp3) is 0.714. The third kappa shape index (κ3) is 2.17. The maximum atomic E-state index is 4.37. The normalized spacial score (nSPS) is 12.0. The molecule has 1 aromatic rings. The minimum absolute atomic E-state index is 0.144. The van der Waals surface area contributed by atoms with Crippen molar-refractivity contribution in [2.24, 2.45) is 0 Å². The molecule has 2 nitrogen and oxygen atoms in total. The zero-order valence-electron chi connectivity index (χ0n) is 7.21. The van der Waals surface area contributed by atoms with Crippen LogP contribution in [0.2, 0.25) is 0 Å². The van der Waals surface area contributed by atoms with Gasteiger partial charge in [-0.05, 0) is 17.8 Å². The van der Waals surface area contributed by atoms with Crippen LogP contribution in [0, 0.1) is 0 Å². The smallest absolute Gasteiger partial charge is 0.200 e. The number of hydrogen-bond acceptors (Lipinski definition) is 4. The Hall–Kier alpha value is -0.0900. The maximum absolute atomic E-state index is 4.37. The molecule has 11 heavy (non-hydrogen) atoms. The van der Waals surface area contributed by atoms with Gasteiger partial charge in [0.1, 0.15) is 5.01 Å². The highest BCUT2D eigenvalue weighted by Gasteiger charge is 2.18. The van der Waals surface area contributed by atoms with Crippen molar-refractivity contribution in [3.63, 3.8) is 0 Å². The van der Waals surface area contributed by atoms with E-state index in [-0.39, 0.29) is 5.41 Å². The highest BCUT2D eigenvalue weighted by atomic mass is 32.2. The summed E-state index contributed by atoms with van der Waals surface area (Å²) in [6.45, 7) is 6.45. The van der Waals surface area contributed by atoms with Crippen LogP contribution >= 0.6 is 23.3 Å². The average molecular weight is 188 g/mol. The topological polar surface area (TPSA) is 25.8 Å². The number of aromatic nitrogens is 2. The molecule has 1 heterocycles. The first-order valence-corrected chi connectivity index (χ1v) is 5.42. The summed E-state index contributed by atoms with van der Waals surface area (Å²) in [6.07, 6.45) is 1.99. The van der Waals surface area contributed by atoms with Gasteiger partial charge in [0.05, 0.1) is 0 Å². The van der Waals surface area contributed by atoms with Crippen molar-refractivity contribution < 1.29 is 0 Å².